The summed E-state index contributed by atoms with van der Waals surface area (Å²) in [7, 11) is 0. The summed E-state index contributed by atoms with van der Waals surface area (Å²) >= 11 is 1.60. The summed E-state index contributed by atoms with van der Waals surface area (Å²) in [5.41, 5.74) is 5.19. The van der Waals surface area contributed by atoms with Gasteiger partial charge in [0, 0.05) is 0 Å². The van der Waals surface area contributed by atoms with Gasteiger partial charge >= 0.3 is 43.7 Å². The van der Waals surface area contributed by atoms with Gasteiger partial charge in [-0.05, 0) is 18.4 Å². The van der Waals surface area contributed by atoms with Crippen molar-refractivity contribution in [3.63, 3.8) is 0 Å². The van der Waals surface area contributed by atoms with E-state index in [2.05, 4.69) is 0 Å². The molecule has 0 saturated heterocycles. The second kappa shape index (κ2) is 8.14. The molecule has 0 aliphatic rings. The van der Waals surface area contributed by atoms with Crippen LogP contribution in [0.25, 0.3) is 0 Å². The molecular formula is C5H13CaNO2S. The Morgan fingerprint density at radius 2 is 2.30 bits per heavy atom. The Hall–Kier alpha value is 1.04. The van der Waals surface area contributed by atoms with Crippen LogP contribution in [-0.4, -0.2) is 66.9 Å². The monoisotopic (exact) mass is 191 g/mol. The predicted molar refractivity (Wildman–Crippen MR) is 47.2 cm³/mol. The van der Waals surface area contributed by atoms with E-state index in [4.69, 9.17) is 10.8 Å². The first-order chi connectivity index (χ1) is 4.18. The number of aliphatic carboxylic acids is 1. The van der Waals surface area contributed by atoms with Crippen LogP contribution in [0.2, 0.25) is 0 Å². The van der Waals surface area contributed by atoms with Crippen molar-refractivity contribution in [2.45, 2.75) is 12.5 Å². The second-order valence-corrected chi connectivity index (χ2v) is 2.71. The Bertz CT molecular complexity index is 102. The number of hydrogen-bond donors (Lipinski definition) is 2. The molecule has 0 aromatic rings. The summed E-state index contributed by atoms with van der Waals surface area (Å²) in [6.07, 6.45) is 2.48. The van der Waals surface area contributed by atoms with Crippen molar-refractivity contribution >= 4 is 55.5 Å². The van der Waals surface area contributed by atoms with Crippen LogP contribution in [0.4, 0.5) is 0 Å². The Morgan fingerprint density at radius 3 is 2.60 bits per heavy atom. The standard InChI is InChI=1S/C5H11NO2S.Ca.2H/c1-9-3-2-4(6)5(7)8;;;/h4H,2-3,6H2,1H3,(H,7,8);;;. The third kappa shape index (κ3) is 7.15. The molecule has 58 valence electrons. The van der Waals surface area contributed by atoms with Gasteiger partial charge in [-0.25, -0.2) is 0 Å². The molecule has 1 unspecified atom stereocenters. The molecule has 5 heteroatoms. The van der Waals surface area contributed by atoms with Gasteiger partial charge in [-0.3, -0.25) is 4.79 Å². The average molecular weight is 191 g/mol. The van der Waals surface area contributed by atoms with E-state index in [-0.39, 0.29) is 37.7 Å². The van der Waals surface area contributed by atoms with Crippen molar-refractivity contribution in [3.8, 4) is 0 Å². The van der Waals surface area contributed by atoms with Crippen LogP contribution in [0.3, 0.4) is 0 Å². The second-order valence-electron chi connectivity index (χ2n) is 1.73. The van der Waals surface area contributed by atoms with Crippen LogP contribution in [-0.2, 0) is 4.79 Å². The van der Waals surface area contributed by atoms with E-state index in [9.17, 15) is 4.79 Å². The molecule has 0 aliphatic carbocycles. The molecule has 3 nitrogen and oxygen atoms in total. The van der Waals surface area contributed by atoms with Gasteiger partial charge in [0.15, 0.2) is 0 Å². The summed E-state index contributed by atoms with van der Waals surface area (Å²) in [5, 5.41) is 8.27. The molecule has 10 heavy (non-hydrogen) atoms. The molecular weight excluding hydrogens is 178 g/mol. The zero-order chi connectivity index (χ0) is 7.28. The Morgan fingerprint density at radius 1 is 1.80 bits per heavy atom. The van der Waals surface area contributed by atoms with Gasteiger partial charge < -0.3 is 10.8 Å². The van der Waals surface area contributed by atoms with Gasteiger partial charge in [0.05, 0.1) is 0 Å². The number of thioether (sulfide) groups is 1. The van der Waals surface area contributed by atoms with Gasteiger partial charge in [0.2, 0.25) is 0 Å². The zero-order valence-corrected chi connectivity index (χ0v) is 6.15. The van der Waals surface area contributed by atoms with E-state index in [1.807, 2.05) is 6.26 Å². The van der Waals surface area contributed by atoms with Crippen molar-refractivity contribution in [2.75, 3.05) is 12.0 Å². The van der Waals surface area contributed by atoms with Gasteiger partial charge in [-0.2, -0.15) is 11.8 Å². The van der Waals surface area contributed by atoms with Gasteiger partial charge in [-0.15, -0.1) is 0 Å². The Balaban J connectivity index is 0. The van der Waals surface area contributed by atoms with E-state index in [0.29, 0.717) is 6.42 Å². The molecule has 0 heterocycles. The van der Waals surface area contributed by atoms with Gasteiger partial charge in [0.25, 0.3) is 0 Å². The number of hydrogen-bond acceptors (Lipinski definition) is 3. The SMILES string of the molecule is CSCCC(N)C(=O)O.[CaH2]. The minimum absolute atomic E-state index is 0. The van der Waals surface area contributed by atoms with Crippen molar-refractivity contribution in [1.82, 2.24) is 0 Å². The molecule has 1 atom stereocenters. The first-order valence-corrected chi connectivity index (χ1v) is 4.05. The van der Waals surface area contributed by atoms with Crippen molar-refractivity contribution < 1.29 is 9.90 Å². The Kier molecular flexibility index (Phi) is 11.1. The summed E-state index contributed by atoms with van der Waals surface area (Å²) in [4.78, 5) is 10.1. The number of carboxylic acids is 1. The summed E-state index contributed by atoms with van der Waals surface area (Å²) < 4.78 is 0. The minimum atomic E-state index is -0.913. The first-order valence-electron chi connectivity index (χ1n) is 2.65. The third-order valence-corrected chi connectivity index (χ3v) is 1.59. The van der Waals surface area contributed by atoms with Crippen LogP contribution in [0.5, 0.6) is 0 Å². The van der Waals surface area contributed by atoms with E-state index < -0.39 is 12.0 Å². The normalized spacial score (nSPS) is 11.8. The molecule has 0 rings (SSSR count). The van der Waals surface area contributed by atoms with Crippen molar-refractivity contribution in [1.29, 1.82) is 0 Å². The fourth-order valence-electron chi connectivity index (χ4n) is 0.368. The maximum absolute atomic E-state index is 10.1. The van der Waals surface area contributed by atoms with Crippen LogP contribution in [0, 0.1) is 0 Å². The predicted octanol–water partition coefficient (Wildman–Crippen LogP) is -0.765. The third-order valence-electron chi connectivity index (χ3n) is 0.950. The molecule has 3 N–H and O–H groups in total. The van der Waals surface area contributed by atoms with Crippen molar-refractivity contribution in [2.24, 2.45) is 5.73 Å². The van der Waals surface area contributed by atoms with Gasteiger partial charge in [-0.1, -0.05) is 0 Å². The van der Waals surface area contributed by atoms with Crippen LogP contribution in [0.1, 0.15) is 6.42 Å². The summed E-state index contributed by atoms with van der Waals surface area (Å²) in [6, 6.07) is -0.683. The Labute approximate surface area is 94.7 Å². The molecule has 0 amide bonds. The fraction of sp³-hybridized carbons (Fsp3) is 0.800. The fourth-order valence-corrected chi connectivity index (χ4v) is 0.858. The molecule has 0 spiro atoms. The molecule has 0 aromatic heterocycles. The van der Waals surface area contributed by atoms with Crippen LogP contribution < -0.4 is 5.73 Å². The van der Waals surface area contributed by atoms with E-state index in [0.717, 1.165) is 5.75 Å². The topological polar surface area (TPSA) is 63.3 Å². The molecule has 0 aromatic carbocycles. The average Bonchev–Trinajstić information content (AvgIpc) is 1.82. The summed E-state index contributed by atoms with van der Waals surface area (Å²) in [6.45, 7) is 0. The van der Waals surface area contributed by atoms with E-state index >= 15 is 0 Å². The van der Waals surface area contributed by atoms with Crippen LogP contribution >= 0.6 is 11.8 Å². The molecule has 0 saturated carbocycles. The number of carboxylic acid groups (broad SMARTS) is 1. The van der Waals surface area contributed by atoms with Crippen molar-refractivity contribution in [3.05, 3.63) is 0 Å². The number of carbonyl (C=O) groups is 1. The molecule has 0 bridgehead atoms. The molecule has 0 aliphatic heterocycles. The quantitative estimate of drug-likeness (QED) is 0.573. The van der Waals surface area contributed by atoms with E-state index in [1.165, 1.54) is 0 Å². The van der Waals surface area contributed by atoms with E-state index in [1.54, 1.807) is 11.8 Å². The first kappa shape index (κ1) is 13.6. The maximum atomic E-state index is 10.1. The van der Waals surface area contributed by atoms with Crippen LogP contribution in [0.15, 0.2) is 0 Å². The molecule has 0 radical (unpaired) electrons. The number of rotatable bonds is 4. The van der Waals surface area contributed by atoms with Gasteiger partial charge in [0.1, 0.15) is 6.04 Å². The number of nitrogens with two attached hydrogens (primary N) is 1. The molecule has 0 fully saturated rings. The zero-order valence-electron chi connectivity index (χ0n) is 5.33. The summed E-state index contributed by atoms with van der Waals surface area (Å²) in [5.74, 6) is -0.1000.